The van der Waals surface area contributed by atoms with Gasteiger partial charge < -0.3 is 4.74 Å². The van der Waals surface area contributed by atoms with Gasteiger partial charge in [-0.2, -0.15) is 0 Å². The van der Waals surface area contributed by atoms with Gasteiger partial charge in [-0.05, 0) is 25.0 Å². The van der Waals surface area contributed by atoms with Crippen molar-refractivity contribution in [3.63, 3.8) is 0 Å². The Kier molecular flexibility index (Phi) is 4.74. The molecule has 0 bridgehead atoms. The summed E-state index contributed by atoms with van der Waals surface area (Å²) in [4.78, 5) is 25.4. The Hall–Kier alpha value is -2.15. The number of hydrogen-bond donors (Lipinski definition) is 0. The predicted octanol–water partition coefficient (Wildman–Crippen LogP) is 1.20. The monoisotopic (exact) mass is 217 g/mol. The summed E-state index contributed by atoms with van der Waals surface area (Å²) in [6, 6.07) is 3.15. The lowest BCUT2D eigenvalue weighted by Crippen LogP contribution is -2.01. The molecular formula is C12H11NO3. The van der Waals surface area contributed by atoms with Crippen molar-refractivity contribution >= 4 is 12.3 Å². The average molecular weight is 217 g/mol. The lowest BCUT2D eigenvalue weighted by atomic mass is 10.2. The minimum atomic E-state index is -0.360. The summed E-state index contributed by atoms with van der Waals surface area (Å²) in [6.07, 6.45) is 2.25. The van der Waals surface area contributed by atoms with Crippen LogP contribution in [0, 0.1) is 11.8 Å². The van der Waals surface area contributed by atoms with Crippen molar-refractivity contribution in [3.8, 4) is 11.8 Å². The predicted molar refractivity (Wildman–Crippen MR) is 57.8 cm³/mol. The molecule has 0 aliphatic heterocycles. The van der Waals surface area contributed by atoms with Crippen LogP contribution in [0.2, 0.25) is 0 Å². The molecule has 4 nitrogen and oxygen atoms in total. The van der Waals surface area contributed by atoms with Crippen LogP contribution in [-0.4, -0.2) is 23.8 Å². The topological polar surface area (TPSA) is 56.3 Å². The summed E-state index contributed by atoms with van der Waals surface area (Å²) in [5.74, 6) is 4.96. The number of rotatable bonds is 3. The zero-order valence-corrected chi connectivity index (χ0v) is 8.90. The summed E-state index contributed by atoms with van der Waals surface area (Å²) < 4.78 is 4.71. The van der Waals surface area contributed by atoms with E-state index in [1.807, 2.05) is 0 Å². The molecule has 0 spiro atoms. The summed E-state index contributed by atoms with van der Waals surface area (Å²) in [7, 11) is 0. The summed E-state index contributed by atoms with van der Waals surface area (Å²) in [6.45, 7) is 2.08. The van der Waals surface area contributed by atoms with E-state index in [4.69, 9.17) is 4.74 Å². The van der Waals surface area contributed by atoms with Crippen LogP contribution < -0.4 is 0 Å². The van der Waals surface area contributed by atoms with Gasteiger partial charge in [0.2, 0.25) is 0 Å². The first-order valence-corrected chi connectivity index (χ1v) is 4.82. The molecule has 16 heavy (non-hydrogen) atoms. The van der Waals surface area contributed by atoms with Crippen molar-refractivity contribution in [1.29, 1.82) is 0 Å². The second-order valence-corrected chi connectivity index (χ2v) is 2.88. The smallest absolute Gasteiger partial charge is 0.317 e. The Bertz CT molecular complexity index is 443. The number of aromatic nitrogens is 1. The van der Waals surface area contributed by atoms with E-state index < -0.39 is 0 Å². The molecule has 1 aromatic heterocycles. The summed E-state index contributed by atoms with van der Waals surface area (Å²) >= 11 is 0. The zero-order chi connectivity index (χ0) is 11.8. The van der Waals surface area contributed by atoms with Gasteiger partial charge >= 0.3 is 5.97 Å². The Labute approximate surface area is 93.6 Å². The molecule has 0 saturated carbocycles. The van der Waals surface area contributed by atoms with Gasteiger partial charge in [-0.15, -0.1) is 0 Å². The van der Waals surface area contributed by atoms with Gasteiger partial charge in [-0.3, -0.25) is 9.59 Å². The second kappa shape index (κ2) is 6.36. The van der Waals surface area contributed by atoms with E-state index in [1.165, 1.54) is 6.20 Å². The van der Waals surface area contributed by atoms with E-state index in [2.05, 4.69) is 16.8 Å². The molecule has 0 saturated heterocycles. The van der Waals surface area contributed by atoms with Crippen molar-refractivity contribution in [2.75, 3.05) is 6.61 Å². The minimum Gasteiger partial charge on any atom is -0.465 e. The highest BCUT2D eigenvalue weighted by Gasteiger charge is 1.96. The number of carbonyl (C=O) groups excluding carboxylic acids is 2. The molecule has 1 aromatic rings. The first kappa shape index (κ1) is 11.9. The average Bonchev–Trinajstić information content (AvgIpc) is 2.30. The van der Waals surface area contributed by atoms with E-state index in [9.17, 15) is 9.59 Å². The number of pyridine rings is 1. The SMILES string of the molecule is CCOC(=O)CC#Cc1cc(C=O)ccn1. The lowest BCUT2D eigenvalue weighted by Gasteiger charge is -1.94. The Morgan fingerprint density at radius 2 is 2.44 bits per heavy atom. The van der Waals surface area contributed by atoms with Gasteiger partial charge in [-0.25, -0.2) is 4.98 Å². The van der Waals surface area contributed by atoms with Gasteiger partial charge in [0.25, 0.3) is 0 Å². The number of aldehydes is 1. The fraction of sp³-hybridized carbons (Fsp3) is 0.250. The number of nitrogens with zero attached hydrogens (tertiary/aromatic N) is 1. The highest BCUT2D eigenvalue weighted by Crippen LogP contribution is 1.97. The van der Waals surface area contributed by atoms with Gasteiger partial charge in [0.05, 0.1) is 6.61 Å². The number of carbonyl (C=O) groups is 2. The first-order chi connectivity index (χ1) is 7.76. The number of esters is 1. The maximum absolute atomic E-state index is 11.0. The van der Waals surface area contributed by atoms with Crippen molar-refractivity contribution in [3.05, 3.63) is 29.6 Å². The van der Waals surface area contributed by atoms with Crippen molar-refractivity contribution < 1.29 is 14.3 Å². The lowest BCUT2D eigenvalue weighted by molar-refractivity contribution is -0.141. The third kappa shape index (κ3) is 3.93. The molecule has 0 unspecified atom stereocenters. The molecule has 0 amide bonds. The van der Waals surface area contributed by atoms with E-state index in [0.717, 1.165) is 6.29 Å². The molecule has 0 N–H and O–H groups in total. The fourth-order valence-electron chi connectivity index (χ4n) is 1.01. The molecule has 0 aromatic carbocycles. The van der Waals surface area contributed by atoms with Gasteiger partial charge in [0.15, 0.2) is 0 Å². The Balaban J connectivity index is 2.62. The fourth-order valence-corrected chi connectivity index (χ4v) is 1.01. The van der Waals surface area contributed by atoms with E-state index in [-0.39, 0.29) is 12.4 Å². The van der Waals surface area contributed by atoms with Crippen LogP contribution in [0.1, 0.15) is 29.4 Å². The van der Waals surface area contributed by atoms with Crippen molar-refractivity contribution in [2.45, 2.75) is 13.3 Å². The highest BCUT2D eigenvalue weighted by atomic mass is 16.5. The Morgan fingerprint density at radius 1 is 1.62 bits per heavy atom. The van der Waals surface area contributed by atoms with E-state index in [1.54, 1.807) is 19.1 Å². The molecule has 4 heteroatoms. The molecule has 1 heterocycles. The van der Waals surface area contributed by atoms with E-state index >= 15 is 0 Å². The van der Waals surface area contributed by atoms with Crippen molar-refractivity contribution in [2.24, 2.45) is 0 Å². The summed E-state index contributed by atoms with van der Waals surface area (Å²) in [5.41, 5.74) is 0.976. The van der Waals surface area contributed by atoms with Gasteiger partial charge in [0.1, 0.15) is 18.4 Å². The third-order valence-electron chi connectivity index (χ3n) is 1.67. The third-order valence-corrected chi connectivity index (χ3v) is 1.67. The van der Waals surface area contributed by atoms with Crippen LogP contribution in [0.25, 0.3) is 0 Å². The molecule has 0 aliphatic rings. The highest BCUT2D eigenvalue weighted by molar-refractivity contribution is 5.75. The quantitative estimate of drug-likeness (QED) is 0.433. The molecular weight excluding hydrogens is 206 g/mol. The molecule has 1 rings (SSSR count). The summed E-state index contributed by atoms with van der Waals surface area (Å²) in [5, 5.41) is 0. The van der Waals surface area contributed by atoms with Gasteiger partial charge in [0, 0.05) is 11.8 Å². The second-order valence-electron chi connectivity index (χ2n) is 2.88. The van der Waals surface area contributed by atoms with Crippen LogP contribution >= 0.6 is 0 Å². The number of ether oxygens (including phenoxy) is 1. The maximum Gasteiger partial charge on any atom is 0.317 e. The molecule has 0 fully saturated rings. The van der Waals surface area contributed by atoms with Gasteiger partial charge in [-0.1, -0.05) is 5.92 Å². The normalized spacial score (nSPS) is 8.81. The standard InChI is InChI=1S/C12H11NO3/c1-2-16-12(15)5-3-4-11-8-10(9-14)6-7-13-11/h6-9H,2,5H2,1H3. The molecule has 82 valence electrons. The van der Waals surface area contributed by atoms with Crippen LogP contribution in [0.5, 0.6) is 0 Å². The Morgan fingerprint density at radius 3 is 3.12 bits per heavy atom. The maximum atomic E-state index is 11.0. The van der Waals surface area contributed by atoms with E-state index in [0.29, 0.717) is 17.9 Å². The molecule has 0 atom stereocenters. The van der Waals surface area contributed by atoms with Crippen LogP contribution in [0.4, 0.5) is 0 Å². The minimum absolute atomic E-state index is 0.0286. The first-order valence-electron chi connectivity index (χ1n) is 4.82. The largest absolute Gasteiger partial charge is 0.465 e. The molecule has 0 aliphatic carbocycles. The zero-order valence-electron chi connectivity index (χ0n) is 8.90. The van der Waals surface area contributed by atoms with Crippen LogP contribution in [0.3, 0.4) is 0 Å². The number of hydrogen-bond acceptors (Lipinski definition) is 4. The van der Waals surface area contributed by atoms with Crippen LogP contribution in [-0.2, 0) is 9.53 Å². The molecule has 0 radical (unpaired) electrons. The van der Waals surface area contributed by atoms with Crippen LogP contribution in [0.15, 0.2) is 18.3 Å². The van der Waals surface area contributed by atoms with Crippen molar-refractivity contribution in [1.82, 2.24) is 4.98 Å².